The van der Waals surface area contributed by atoms with E-state index in [1.165, 1.54) is 16.9 Å². The van der Waals surface area contributed by atoms with Crippen LogP contribution in [0.25, 0.3) is 0 Å². The molecule has 0 atom stereocenters. The summed E-state index contributed by atoms with van der Waals surface area (Å²) in [5.74, 6) is -0.385. The van der Waals surface area contributed by atoms with Crippen LogP contribution in [0.2, 0.25) is 0 Å². The fourth-order valence-electron chi connectivity index (χ4n) is 1.93. The first kappa shape index (κ1) is 14.5. The van der Waals surface area contributed by atoms with Crippen LogP contribution in [0.4, 0.5) is 10.7 Å². The number of aryl methyl sites for hydroxylation is 1. The average molecular weight is 290 g/mol. The van der Waals surface area contributed by atoms with Crippen LogP contribution in [0.15, 0.2) is 29.8 Å². The van der Waals surface area contributed by atoms with E-state index in [1.807, 2.05) is 18.2 Å². The van der Waals surface area contributed by atoms with Gasteiger partial charge < -0.3 is 10.1 Å². The van der Waals surface area contributed by atoms with Crippen molar-refractivity contribution >= 4 is 28.0 Å². The number of rotatable bonds is 6. The molecule has 0 radical (unpaired) electrons. The molecule has 2 rings (SSSR count). The Morgan fingerprint density at radius 3 is 2.90 bits per heavy atom. The number of benzene rings is 1. The van der Waals surface area contributed by atoms with E-state index in [1.54, 1.807) is 12.4 Å². The van der Waals surface area contributed by atoms with E-state index in [0.717, 1.165) is 23.5 Å². The maximum atomic E-state index is 11.8. The number of esters is 1. The van der Waals surface area contributed by atoms with Gasteiger partial charge in [0.2, 0.25) is 0 Å². The van der Waals surface area contributed by atoms with Gasteiger partial charge >= 0.3 is 5.97 Å². The Morgan fingerprint density at radius 2 is 2.15 bits per heavy atom. The van der Waals surface area contributed by atoms with Crippen molar-refractivity contribution in [2.75, 3.05) is 11.9 Å². The van der Waals surface area contributed by atoms with E-state index in [0.29, 0.717) is 12.3 Å². The normalized spacial score (nSPS) is 10.3. The van der Waals surface area contributed by atoms with E-state index < -0.39 is 0 Å². The molecule has 0 amide bonds. The summed E-state index contributed by atoms with van der Waals surface area (Å²) in [6.45, 7) is 4.28. The van der Waals surface area contributed by atoms with Gasteiger partial charge in [0.1, 0.15) is 5.00 Å². The van der Waals surface area contributed by atoms with Crippen LogP contribution < -0.4 is 5.32 Å². The number of hydrogen-bond acceptors (Lipinski definition) is 5. The van der Waals surface area contributed by atoms with E-state index in [2.05, 4.69) is 23.3 Å². The van der Waals surface area contributed by atoms with Crippen molar-refractivity contribution in [3.05, 3.63) is 41.0 Å². The molecule has 1 N–H and O–H groups in total. The van der Waals surface area contributed by atoms with E-state index in [9.17, 15) is 4.79 Å². The summed E-state index contributed by atoms with van der Waals surface area (Å²) in [5, 5.41) is 4.03. The molecule has 106 valence electrons. The molecule has 5 heteroatoms. The lowest BCUT2D eigenvalue weighted by atomic mass is 10.1. The van der Waals surface area contributed by atoms with Gasteiger partial charge in [0.05, 0.1) is 12.1 Å². The Balaban J connectivity index is 2.23. The average Bonchev–Trinajstić information content (AvgIpc) is 2.90. The minimum absolute atomic E-state index is 0.349. The molecule has 0 aliphatic heterocycles. The Kier molecular flexibility index (Phi) is 5.12. The van der Waals surface area contributed by atoms with Crippen molar-refractivity contribution in [1.29, 1.82) is 0 Å². The number of carbonyl (C=O) groups excluding carboxylic acids is 1. The Morgan fingerprint density at radius 1 is 1.35 bits per heavy atom. The second-order valence-electron chi connectivity index (χ2n) is 4.28. The minimum Gasteiger partial charge on any atom is -0.461 e. The third kappa shape index (κ3) is 3.36. The van der Waals surface area contributed by atoms with Crippen LogP contribution in [-0.4, -0.2) is 17.6 Å². The number of nitrogens with zero attached hydrogens (tertiary/aromatic N) is 1. The van der Waals surface area contributed by atoms with E-state index >= 15 is 0 Å². The fraction of sp³-hybridized carbons (Fsp3) is 0.333. The Labute approximate surface area is 122 Å². The number of anilines is 2. The van der Waals surface area contributed by atoms with Gasteiger partial charge in [0.15, 0.2) is 5.69 Å². The SMILES string of the molecule is CCCc1ccccc1Nc1scnc1C(=O)OCC. The first-order valence-corrected chi connectivity index (χ1v) is 7.59. The summed E-state index contributed by atoms with van der Waals surface area (Å²) < 4.78 is 5.01. The molecule has 0 aliphatic carbocycles. The lowest BCUT2D eigenvalue weighted by Gasteiger charge is -2.10. The van der Waals surface area contributed by atoms with Crippen molar-refractivity contribution < 1.29 is 9.53 Å². The molecular weight excluding hydrogens is 272 g/mol. The summed E-state index contributed by atoms with van der Waals surface area (Å²) >= 11 is 1.40. The highest BCUT2D eigenvalue weighted by Crippen LogP contribution is 2.28. The zero-order chi connectivity index (χ0) is 14.4. The lowest BCUT2D eigenvalue weighted by molar-refractivity contribution is 0.0521. The topological polar surface area (TPSA) is 51.2 Å². The van der Waals surface area contributed by atoms with Crippen molar-refractivity contribution in [3.63, 3.8) is 0 Å². The van der Waals surface area contributed by atoms with Crippen molar-refractivity contribution in [2.45, 2.75) is 26.7 Å². The van der Waals surface area contributed by atoms with Gasteiger partial charge in [-0.1, -0.05) is 31.5 Å². The lowest BCUT2D eigenvalue weighted by Crippen LogP contribution is -2.07. The monoisotopic (exact) mass is 290 g/mol. The Hall–Kier alpha value is -1.88. The largest absolute Gasteiger partial charge is 0.461 e. The summed E-state index contributed by atoms with van der Waals surface area (Å²) in [5.41, 5.74) is 4.25. The standard InChI is InChI=1S/C15H18N2O2S/c1-3-7-11-8-5-6-9-12(11)17-14-13(16-10-20-14)15(18)19-4-2/h5-6,8-10,17H,3-4,7H2,1-2H3. The molecule has 2 aromatic rings. The predicted octanol–water partition coefficient (Wildman–Crippen LogP) is 4.02. The van der Waals surface area contributed by atoms with Gasteiger partial charge in [-0.3, -0.25) is 0 Å². The maximum absolute atomic E-state index is 11.8. The number of aromatic nitrogens is 1. The van der Waals surface area contributed by atoms with Crippen LogP contribution in [-0.2, 0) is 11.2 Å². The molecule has 0 saturated carbocycles. The van der Waals surface area contributed by atoms with Gasteiger partial charge in [0.25, 0.3) is 0 Å². The Bertz CT molecular complexity index is 581. The quantitative estimate of drug-likeness (QED) is 0.816. The van der Waals surface area contributed by atoms with Gasteiger partial charge in [-0.2, -0.15) is 0 Å². The first-order chi connectivity index (χ1) is 9.76. The molecule has 0 fully saturated rings. The number of hydrogen-bond donors (Lipinski definition) is 1. The smallest absolute Gasteiger partial charge is 0.360 e. The van der Waals surface area contributed by atoms with Gasteiger partial charge in [-0.05, 0) is 25.0 Å². The van der Waals surface area contributed by atoms with Crippen molar-refractivity contribution in [3.8, 4) is 0 Å². The molecule has 0 unspecified atom stereocenters. The molecule has 0 saturated heterocycles. The molecular formula is C15H18N2O2S. The number of ether oxygens (including phenoxy) is 1. The maximum Gasteiger partial charge on any atom is 0.360 e. The summed E-state index contributed by atoms with van der Waals surface area (Å²) in [7, 11) is 0. The number of para-hydroxylation sites is 1. The fourth-order valence-corrected chi connectivity index (χ4v) is 2.61. The second-order valence-corrected chi connectivity index (χ2v) is 5.14. The van der Waals surface area contributed by atoms with Crippen LogP contribution in [0.3, 0.4) is 0 Å². The predicted molar refractivity (Wildman–Crippen MR) is 81.8 cm³/mol. The molecule has 1 heterocycles. The third-order valence-electron chi connectivity index (χ3n) is 2.82. The zero-order valence-corrected chi connectivity index (χ0v) is 12.5. The molecule has 0 bridgehead atoms. The highest BCUT2D eigenvalue weighted by atomic mass is 32.1. The first-order valence-electron chi connectivity index (χ1n) is 6.71. The number of thiazole rings is 1. The van der Waals surface area contributed by atoms with Crippen LogP contribution in [0, 0.1) is 0 Å². The molecule has 20 heavy (non-hydrogen) atoms. The van der Waals surface area contributed by atoms with Gasteiger partial charge in [-0.25, -0.2) is 9.78 Å². The highest BCUT2D eigenvalue weighted by Gasteiger charge is 2.16. The van der Waals surface area contributed by atoms with Crippen LogP contribution in [0.5, 0.6) is 0 Å². The number of nitrogens with one attached hydrogen (secondary N) is 1. The molecule has 1 aromatic heterocycles. The molecule has 4 nitrogen and oxygen atoms in total. The molecule has 0 aliphatic rings. The summed E-state index contributed by atoms with van der Waals surface area (Å²) in [4.78, 5) is 15.9. The van der Waals surface area contributed by atoms with Crippen molar-refractivity contribution in [1.82, 2.24) is 4.98 Å². The third-order valence-corrected chi connectivity index (χ3v) is 3.56. The summed E-state index contributed by atoms with van der Waals surface area (Å²) in [6, 6.07) is 8.11. The summed E-state index contributed by atoms with van der Waals surface area (Å²) in [6.07, 6.45) is 2.07. The van der Waals surface area contributed by atoms with Crippen LogP contribution >= 0.6 is 11.3 Å². The second kappa shape index (κ2) is 7.05. The van der Waals surface area contributed by atoms with Crippen LogP contribution in [0.1, 0.15) is 36.3 Å². The van der Waals surface area contributed by atoms with E-state index in [4.69, 9.17) is 4.74 Å². The zero-order valence-electron chi connectivity index (χ0n) is 11.7. The molecule has 1 aromatic carbocycles. The minimum atomic E-state index is -0.385. The number of carbonyl (C=O) groups is 1. The van der Waals surface area contributed by atoms with E-state index in [-0.39, 0.29) is 5.97 Å². The van der Waals surface area contributed by atoms with Crippen molar-refractivity contribution in [2.24, 2.45) is 0 Å². The highest BCUT2D eigenvalue weighted by molar-refractivity contribution is 7.14. The van der Waals surface area contributed by atoms with Gasteiger partial charge in [-0.15, -0.1) is 11.3 Å². The molecule has 0 spiro atoms. The van der Waals surface area contributed by atoms with Gasteiger partial charge in [0, 0.05) is 5.69 Å².